The molecule has 2 rings (SSSR count). The predicted molar refractivity (Wildman–Crippen MR) is 87.8 cm³/mol. The summed E-state index contributed by atoms with van der Waals surface area (Å²) >= 11 is 22.1. The second-order valence-corrected chi connectivity index (χ2v) is 6.60. The lowest BCUT2D eigenvalue weighted by molar-refractivity contribution is 1.10. The zero-order valence-electron chi connectivity index (χ0n) is 10.5. The highest BCUT2D eigenvalue weighted by atomic mass is 79.9. The molecule has 0 aromatic heterocycles. The summed E-state index contributed by atoms with van der Waals surface area (Å²) in [5, 5.41) is 1.23. The van der Waals surface area contributed by atoms with Crippen LogP contribution in [0.3, 0.4) is 0 Å². The molecule has 19 heavy (non-hydrogen) atoms. The minimum atomic E-state index is -0.218. The Balaban J connectivity index is 2.46. The van der Waals surface area contributed by atoms with Crippen molar-refractivity contribution in [2.24, 2.45) is 0 Å². The lowest BCUT2D eigenvalue weighted by Gasteiger charge is -2.15. The summed E-state index contributed by atoms with van der Waals surface area (Å²) in [4.78, 5) is 0. The van der Waals surface area contributed by atoms with Crippen molar-refractivity contribution in [1.29, 1.82) is 0 Å². The number of benzene rings is 2. The molecule has 0 bridgehead atoms. The molecule has 0 saturated heterocycles. The van der Waals surface area contributed by atoms with E-state index in [-0.39, 0.29) is 5.38 Å². The minimum absolute atomic E-state index is 0.218. The van der Waals surface area contributed by atoms with Crippen LogP contribution in [0.1, 0.15) is 27.6 Å². The maximum absolute atomic E-state index is 6.58. The van der Waals surface area contributed by atoms with Crippen molar-refractivity contribution in [3.63, 3.8) is 0 Å². The zero-order chi connectivity index (χ0) is 14.2. The van der Waals surface area contributed by atoms with Gasteiger partial charge >= 0.3 is 0 Å². The van der Waals surface area contributed by atoms with Crippen LogP contribution >= 0.6 is 50.7 Å². The van der Waals surface area contributed by atoms with Gasteiger partial charge in [-0.3, -0.25) is 0 Å². The molecule has 0 fully saturated rings. The predicted octanol–water partition coefficient (Wildman–Crippen LogP) is 6.70. The van der Waals surface area contributed by atoms with E-state index in [1.807, 2.05) is 44.2 Å². The van der Waals surface area contributed by atoms with E-state index >= 15 is 0 Å². The Morgan fingerprint density at radius 2 is 1.63 bits per heavy atom. The van der Waals surface area contributed by atoms with Crippen molar-refractivity contribution in [3.05, 3.63) is 67.1 Å². The Morgan fingerprint density at radius 3 is 2.26 bits per heavy atom. The molecule has 0 heterocycles. The van der Waals surface area contributed by atoms with Crippen LogP contribution in [0, 0.1) is 13.8 Å². The Bertz CT molecular complexity index is 623. The number of aryl methyl sites for hydroxylation is 2. The van der Waals surface area contributed by atoms with E-state index in [2.05, 4.69) is 15.9 Å². The fourth-order valence-electron chi connectivity index (χ4n) is 1.93. The molecule has 0 aliphatic heterocycles. The summed E-state index contributed by atoms with van der Waals surface area (Å²) in [7, 11) is 0. The van der Waals surface area contributed by atoms with Crippen molar-refractivity contribution in [2.75, 3.05) is 0 Å². The molecule has 0 radical (unpaired) electrons. The number of halogens is 4. The van der Waals surface area contributed by atoms with Gasteiger partial charge in [0.05, 0.1) is 10.4 Å². The summed E-state index contributed by atoms with van der Waals surface area (Å²) in [6.07, 6.45) is 0. The van der Waals surface area contributed by atoms with Gasteiger partial charge < -0.3 is 0 Å². The lowest BCUT2D eigenvalue weighted by Crippen LogP contribution is -1.98. The molecule has 0 spiro atoms. The first kappa shape index (κ1) is 15.2. The fourth-order valence-corrected chi connectivity index (χ4v) is 3.03. The molecule has 2 aromatic rings. The van der Waals surface area contributed by atoms with Crippen molar-refractivity contribution in [3.8, 4) is 0 Å². The first-order valence-electron chi connectivity index (χ1n) is 5.76. The van der Waals surface area contributed by atoms with E-state index in [1.54, 1.807) is 0 Å². The van der Waals surface area contributed by atoms with Gasteiger partial charge in [0.1, 0.15) is 0 Å². The zero-order valence-corrected chi connectivity index (χ0v) is 14.3. The molecule has 1 atom stereocenters. The van der Waals surface area contributed by atoms with Gasteiger partial charge in [0.15, 0.2) is 0 Å². The number of alkyl halides is 1. The summed E-state index contributed by atoms with van der Waals surface area (Å²) in [5.41, 5.74) is 4.18. The van der Waals surface area contributed by atoms with Crippen LogP contribution in [-0.4, -0.2) is 0 Å². The quantitative estimate of drug-likeness (QED) is 0.510. The van der Waals surface area contributed by atoms with Crippen molar-refractivity contribution < 1.29 is 0 Å². The van der Waals surface area contributed by atoms with E-state index in [0.717, 1.165) is 31.7 Å². The van der Waals surface area contributed by atoms with Crippen molar-refractivity contribution in [2.45, 2.75) is 19.2 Å². The molecule has 0 N–H and O–H groups in total. The Kier molecular flexibility index (Phi) is 4.84. The van der Waals surface area contributed by atoms with Gasteiger partial charge in [-0.15, -0.1) is 11.6 Å². The molecule has 2 aromatic carbocycles. The smallest absolute Gasteiger partial charge is 0.0838 e. The van der Waals surface area contributed by atoms with Crippen LogP contribution in [-0.2, 0) is 0 Å². The van der Waals surface area contributed by atoms with Gasteiger partial charge in [-0.2, -0.15) is 0 Å². The minimum Gasteiger partial charge on any atom is -0.113 e. The largest absolute Gasteiger partial charge is 0.113 e. The molecule has 0 aliphatic carbocycles. The van der Waals surface area contributed by atoms with Gasteiger partial charge in [0.25, 0.3) is 0 Å². The molecule has 4 heteroatoms. The van der Waals surface area contributed by atoms with Crippen LogP contribution in [0.15, 0.2) is 34.8 Å². The van der Waals surface area contributed by atoms with E-state index in [9.17, 15) is 0 Å². The maximum atomic E-state index is 6.58. The molecule has 100 valence electrons. The number of hydrogen-bond donors (Lipinski definition) is 0. The van der Waals surface area contributed by atoms with Crippen LogP contribution in [0.5, 0.6) is 0 Å². The average Bonchev–Trinajstić information content (AvgIpc) is 2.36. The number of rotatable bonds is 2. The third kappa shape index (κ3) is 3.28. The van der Waals surface area contributed by atoms with Crippen molar-refractivity contribution >= 4 is 50.7 Å². The molecular weight excluding hydrogens is 366 g/mol. The third-order valence-corrected chi connectivity index (χ3v) is 5.16. The van der Waals surface area contributed by atoms with Crippen molar-refractivity contribution in [1.82, 2.24) is 0 Å². The van der Waals surface area contributed by atoms with Crippen LogP contribution in [0.25, 0.3) is 0 Å². The van der Waals surface area contributed by atoms with Gasteiger partial charge in [-0.25, -0.2) is 0 Å². The molecule has 0 nitrogen and oxygen atoms in total. The summed E-state index contributed by atoms with van der Waals surface area (Å²) in [5.74, 6) is 0. The highest BCUT2D eigenvalue weighted by molar-refractivity contribution is 9.10. The second kappa shape index (κ2) is 6.05. The highest BCUT2D eigenvalue weighted by Gasteiger charge is 2.15. The van der Waals surface area contributed by atoms with Gasteiger partial charge in [-0.1, -0.05) is 35.3 Å². The second-order valence-electron chi connectivity index (χ2n) is 4.49. The van der Waals surface area contributed by atoms with E-state index in [0.29, 0.717) is 5.02 Å². The normalized spacial score (nSPS) is 12.5. The van der Waals surface area contributed by atoms with Gasteiger partial charge in [-0.05, 0) is 70.2 Å². The summed E-state index contributed by atoms with van der Waals surface area (Å²) in [6, 6.07) is 9.72. The van der Waals surface area contributed by atoms with E-state index in [1.165, 1.54) is 0 Å². The van der Waals surface area contributed by atoms with E-state index in [4.69, 9.17) is 34.8 Å². The highest BCUT2D eigenvalue weighted by Crippen LogP contribution is 2.36. The summed E-state index contributed by atoms with van der Waals surface area (Å²) in [6.45, 7) is 3.99. The van der Waals surface area contributed by atoms with Crippen LogP contribution in [0.2, 0.25) is 10.0 Å². The first-order chi connectivity index (χ1) is 8.90. The monoisotopic (exact) mass is 376 g/mol. The molecule has 1 unspecified atom stereocenters. The molecule has 0 aliphatic rings. The van der Waals surface area contributed by atoms with Gasteiger partial charge in [0, 0.05) is 9.50 Å². The molecular formula is C15H12BrCl3. The lowest BCUT2D eigenvalue weighted by atomic mass is 9.98. The van der Waals surface area contributed by atoms with E-state index < -0.39 is 0 Å². The third-order valence-electron chi connectivity index (χ3n) is 3.06. The topological polar surface area (TPSA) is 0 Å². The first-order valence-corrected chi connectivity index (χ1v) is 7.74. The summed E-state index contributed by atoms with van der Waals surface area (Å²) < 4.78 is 0.848. The molecule has 0 saturated carbocycles. The SMILES string of the molecule is Cc1cc(C(Cl)c2ccc(Cl)c(Br)c2)c(C)cc1Cl. The van der Waals surface area contributed by atoms with Gasteiger partial charge in [0.2, 0.25) is 0 Å². The standard InChI is InChI=1S/C15H12BrCl3/c1-8-6-14(18)9(2)5-11(8)15(19)10-3-4-13(17)12(16)7-10/h3-7,15H,1-2H3. The Hall–Kier alpha value is -0.210. The number of hydrogen-bond acceptors (Lipinski definition) is 0. The average molecular weight is 379 g/mol. The Morgan fingerprint density at radius 1 is 0.947 bits per heavy atom. The molecule has 0 amide bonds. The maximum Gasteiger partial charge on any atom is 0.0838 e. The Labute approximate surface area is 136 Å². The van der Waals surface area contributed by atoms with Crippen LogP contribution in [0.4, 0.5) is 0 Å². The fraction of sp³-hybridized carbons (Fsp3) is 0.200. The van der Waals surface area contributed by atoms with Crippen LogP contribution < -0.4 is 0 Å².